The second-order valence-corrected chi connectivity index (χ2v) is 6.95. The van der Waals surface area contributed by atoms with Crippen LogP contribution in [0.25, 0.3) is 0 Å². The molecule has 0 bridgehead atoms. The molecule has 1 fully saturated rings. The van der Waals surface area contributed by atoms with Crippen molar-refractivity contribution in [2.75, 3.05) is 20.8 Å². The van der Waals surface area contributed by atoms with Crippen molar-refractivity contribution in [2.45, 2.75) is 58.1 Å². The van der Waals surface area contributed by atoms with E-state index in [1.54, 1.807) is 4.90 Å². The van der Waals surface area contributed by atoms with E-state index in [0.29, 0.717) is 6.54 Å². The highest BCUT2D eigenvalue weighted by molar-refractivity contribution is 5.96. The molecule has 2 rings (SSSR count). The Bertz CT molecular complexity index is 759. The van der Waals surface area contributed by atoms with Gasteiger partial charge in [-0.1, -0.05) is 19.3 Å². The number of nitrogens with zero attached hydrogens (tertiary/aromatic N) is 2. The maximum atomic E-state index is 12.9. The summed E-state index contributed by atoms with van der Waals surface area (Å²) >= 11 is 0. The summed E-state index contributed by atoms with van der Waals surface area (Å²) in [5, 5.41) is 11.4. The Morgan fingerprint density at radius 2 is 1.76 bits per heavy atom. The molecule has 1 aromatic rings. The van der Waals surface area contributed by atoms with Crippen molar-refractivity contribution in [2.24, 2.45) is 0 Å². The van der Waals surface area contributed by atoms with Crippen molar-refractivity contribution in [3.63, 3.8) is 0 Å². The van der Waals surface area contributed by atoms with Gasteiger partial charge in [-0.2, -0.15) is 0 Å². The fourth-order valence-corrected chi connectivity index (χ4v) is 3.68. The predicted octanol–water partition coefficient (Wildman–Crippen LogP) is 3.34. The molecule has 0 radical (unpaired) electrons. The molecule has 9 heteroatoms. The van der Waals surface area contributed by atoms with Gasteiger partial charge in [0.1, 0.15) is 5.56 Å². The Labute approximate surface area is 170 Å². The van der Waals surface area contributed by atoms with Crippen LogP contribution in [-0.4, -0.2) is 54.6 Å². The van der Waals surface area contributed by atoms with Crippen LogP contribution < -0.4 is 9.47 Å². The van der Waals surface area contributed by atoms with Crippen molar-refractivity contribution in [3.8, 4) is 11.5 Å². The molecule has 0 N–H and O–H groups in total. The molecule has 0 spiro atoms. The predicted molar refractivity (Wildman–Crippen MR) is 105 cm³/mol. The summed E-state index contributed by atoms with van der Waals surface area (Å²) in [5.74, 6) is -0.982. The molecular weight excluding hydrogens is 380 g/mol. The summed E-state index contributed by atoms with van der Waals surface area (Å²) in [6.07, 6.45) is 4.11. The largest absolute Gasteiger partial charge is 0.493 e. The lowest BCUT2D eigenvalue weighted by molar-refractivity contribution is -0.385. The van der Waals surface area contributed by atoms with Gasteiger partial charge >= 0.3 is 5.97 Å². The van der Waals surface area contributed by atoms with Gasteiger partial charge in [-0.05, 0) is 26.7 Å². The Balaban J connectivity index is 2.21. The topological polar surface area (TPSA) is 108 Å². The first kappa shape index (κ1) is 22.4. The van der Waals surface area contributed by atoms with Gasteiger partial charge in [0.05, 0.1) is 25.2 Å². The number of ether oxygens (including phenoxy) is 3. The summed E-state index contributed by atoms with van der Waals surface area (Å²) in [6.45, 7) is 3.89. The summed E-state index contributed by atoms with van der Waals surface area (Å²) in [7, 11) is 2.69. The van der Waals surface area contributed by atoms with Crippen LogP contribution in [0.2, 0.25) is 0 Å². The molecule has 1 amide bonds. The van der Waals surface area contributed by atoms with E-state index in [4.69, 9.17) is 14.2 Å². The first-order chi connectivity index (χ1) is 13.8. The van der Waals surface area contributed by atoms with Crippen LogP contribution in [0, 0.1) is 10.1 Å². The molecule has 1 aliphatic carbocycles. The SMILES string of the molecule is CCN(C(=O)[C@@H](C)OC(=O)c1cc(OC)c(OC)cc1[N+](=O)[O-])C1CCCCC1. The third kappa shape index (κ3) is 5.16. The lowest BCUT2D eigenvalue weighted by atomic mass is 9.94. The number of hydrogen-bond donors (Lipinski definition) is 0. The minimum Gasteiger partial charge on any atom is -0.493 e. The molecule has 0 saturated heterocycles. The second kappa shape index (κ2) is 10.1. The van der Waals surface area contributed by atoms with Gasteiger partial charge in [-0.25, -0.2) is 4.79 Å². The van der Waals surface area contributed by atoms with Gasteiger partial charge in [-0.3, -0.25) is 14.9 Å². The van der Waals surface area contributed by atoms with Crippen LogP contribution in [0.3, 0.4) is 0 Å². The lowest BCUT2D eigenvalue weighted by Crippen LogP contribution is -2.46. The molecule has 0 aromatic heterocycles. The van der Waals surface area contributed by atoms with Gasteiger partial charge in [0.15, 0.2) is 17.6 Å². The Hall–Kier alpha value is -2.84. The molecule has 1 saturated carbocycles. The zero-order valence-corrected chi connectivity index (χ0v) is 17.3. The summed E-state index contributed by atoms with van der Waals surface area (Å²) in [5.41, 5.74) is -0.778. The summed E-state index contributed by atoms with van der Waals surface area (Å²) in [6, 6.07) is 2.43. The Kier molecular flexibility index (Phi) is 7.81. The van der Waals surface area contributed by atoms with E-state index >= 15 is 0 Å². The van der Waals surface area contributed by atoms with E-state index < -0.39 is 22.7 Å². The van der Waals surface area contributed by atoms with Crippen LogP contribution >= 0.6 is 0 Å². The van der Waals surface area contributed by atoms with E-state index in [1.807, 2.05) is 6.92 Å². The molecule has 1 aromatic carbocycles. The highest BCUT2D eigenvalue weighted by Crippen LogP contribution is 2.35. The molecular formula is C20H28N2O7. The zero-order valence-electron chi connectivity index (χ0n) is 17.3. The van der Waals surface area contributed by atoms with Crippen LogP contribution in [0.5, 0.6) is 11.5 Å². The minimum absolute atomic E-state index is 0.120. The Morgan fingerprint density at radius 3 is 2.28 bits per heavy atom. The maximum absolute atomic E-state index is 12.9. The van der Waals surface area contributed by atoms with Crippen molar-refractivity contribution in [1.82, 2.24) is 4.90 Å². The Morgan fingerprint density at radius 1 is 1.17 bits per heavy atom. The molecule has 9 nitrogen and oxygen atoms in total. The number of amides is 1. The molecule has 1 aliphatic rings. The lowest BCUT2D eigenvalue weighted by Gasteiger charge is -2.35. The third-order valence-electron chi connectivity index (χ3n) is 5.19. The fourth-order valence-electron chi connectivity index (χ4n) is 3.68. The number of carbonyl (C=O) groups excluding carboxylic acids is 2. The molecule has 0 unspecified atom stereocenters. The number of nitro groups is 1. The fraction of sp³-hybridized carbons (Fsp3) is 0.600. The van der Waals surface area contributed by atoms with E-state index in [0.717, 1.165) is 38.2 Å². The van der Waals surface area contributed by atoms with E-state index in [-0.39, 0.29) is 29.0 Å². The molecule has 1 atom stereocenters. The van der Waals surface area contributed by atoms with Gasteiger partial charge in [0.2, 0.25) is 0 Å². The van der Waals surface area contributed by atoms with Gasteiger partial charge in [-0.15, -0.1) is 0 Å². The first-order valence-corrected chi connectivity index (χ1v) is 9.75. The van der Waals surface area contributed by atoms with Crippen molar-refractivity contribution >= 4 is 17.6 Å². The maximum Gasteiger partial charge on any atom is 0.346 e. The molecule has 0 aliphatic heterocycles. The highest BCUT2D eigenvalue weighted by atomic mass is 16.6. The number of carbonyl (C=O) groups is 2. The van der Waals surface area contributed by atoms with E-state index in [1.165, 1.54) is 27.2 Å². The van der Waals surface area contributed by atoms with Crippen LogP contribution in [0.1, 0.15) is 56.3 Å². The van der Waals surface area contributed by atoms with Crippen LogP contribution in [0.15, 0.2) is 12.1 Å². The average molecular weight is 408 g/mol. The zero-order chi connectivity index (χ0) is 21.6. The first-order valence-electron chi connectivity index (χ1n) is 9.75. The number of nitro benzene ring substituents is 1. The van der Waals surface area contributed by atoms with Crippen LogP contribution in [-0.2, 0) is 9.53 Å². The average Bonchev–Trinajstić information content (AvgIpc) is 2.73. The second-order valence-electron chi connectivity index (χ2n) is 6.95. The number of rotatable bonds is 8. The van der Waals surface area contributed by atoms with Gasteiger partial charge in [0.25, 0.3) is 11.6 Å². The van der Waals surface area contributed by atoms with Gasteiger partial charge < -0.3 is 19.1 Å². The standard InChI is InChI=1S/C20H28N2O7/c1-5-21(14-9-7-6-8-10-14)19(23)13(2)29-20(24)15-11-17(27-3)18(28-4)12-16(15)22(25)26/h11-14H,5-10H2,1-4H3/t13-/m1/s1. The normalized spacial score (nSPS) is 15.3. The molecule has 0 heterocycles. The van der Waals surface area contributed by atoms with Crippen molar-refractivity contribution in [3.05, 3.63) is 27.8 Å². The smallest absolute Gasteiger partial charge is 0.346 e. The van der Waals surface area contributed by atoms with Gasteiger partial charge in [0, 0.05) is 18.7 Å². The molecule has 160 valence electrons. The van der Waals surface area contributed by atoms with E-state index in [9.17, 15) is 19.7 Å². The number of esters is 1. The van der Waals surface area contributed by atoms with Crippen molar-refractivity contribution < 1.29 is 28.7 Å². The van der Waals surface area contributed by atoms with Crippen molar-refractivity contribution in [1.29, 1.82) is 0 Å². The van der Waals surface area contributed by atoms with Crippen LogP contribution in [0.4, 0.5) is 5.69 Å². The number of benzene rings is 1. The summed E-state index contributed by atoms with van der Waals surface area (Å²) in [4.78, 5) is 37.9. The monoisotopic (exact) mass is 408 g/mol. The molecule has 29 heavy (non-hydrogen) atoms. The summed E-state index contributed by atoms with van der Waals surface area (Å²) < 4.78 is 15.5. The number of methoxy groups -OCH3 is 2. The number of hydrogen-bond acceptors (Lipinski definition) is 7. The number of likely N-dealkylation sites (N-methyl/N-ethyl adjacent to an activating group) is 1. The highest BCUT2D eigenvalue weighted by Gasteiger charge is 2.32. The minimum atomic E-state index is -1.06. The van der Waals surface area contributed by atoms with E-state index in [2.05, 4.69) is 0 Å². The third-order valence-corrected chi connectivity index (χ3v) is 5.19. The quantitative estimate of drug-likeness (QED) is 0.369.